The first kappa shape index (κ1) is 17.4. The molecule has 3 rings (SSSR count). The lowest BCUT2D eigenvalue weighted by atomic mass is 10.1. The van der Waals surface area contributed by atoms with E-state index in [0.717, 1.165) is 42.3 Å². The van der Waals surface area contributed by atoms with Crippen molar-refractivity contribution in [2.24, 2.45) is 0 Å². The van der Waals surface area contributed by atoms with Gasteiger partial charge in [0.05, 0.1) is 0 Å². The molecular weight excluding hydrogens is 332 g/mol. The van der Waals surface area contributed by atoms with Crippen molar-refractivity contribution in [3.63, 3.8) is 0 Å². The molecule has 1 aromatic carbocycles. The molecule has 0 aliphatic rings. The summed E-state index contributed by atoms with van der Waals surface area (Å²) >= 11 is 5.98. The van der Waals surface area contributed by atoms with E-state index in [4.69, 9.17) is 11.6 Å². The van der Waals surface area contributed by atoms with Crippen molar-refractivity contribution >= 4 is 22.6 Å². The Morgan fingerprint density at radius 3 is 2.68 bits per heavy atom. The van der Waals surface area contributed by atoms with E-state index in [1.54, 1.807) is 10.8 Å². The lowest BCUT2D eigenvalue weighted by Gasteiger charge is -2.12. The summed E-state index contributed by atoms with van der Waals surface area (Å²) in [6, 6.07) is 13.2. The van der Waals surface area contributed by atoms with Gasteiger partial charge in [0.1, 0.15) is 5.65 Å². The van der Waals surface area contributed by atoms with Crippen molar-refractivity contribution in [2.45, 2.75) is 32.2 Å². The molecule has 0 fully saturated rings. The average Bonchev–Trinajstić information content (AvgIpc) is 2.63. The maximum atomic E-state index is 13.1. The molecule has 0 amide bonds. The lowest BCUT2D eigenvalue weighted by Crippen LogP contribution is -2.23. The van der Waals surface area contributed by atoms with E-state index in [-0.39, 0.29) is 5.56 Å². The highest BCUT2D eigenvalue weighted by molar-refractivity contribution is 6.30. The van der Waals surface area contributed by atoms with E-state index < -0.39 is 0 Å². The Balaban J connectivity index is 2.01. The van der Waals surface area contributed by atoms with Crippen LogP contribution in [0.1, 0.15) is 25.7 Å². The van der Waals surface area contributed by atoms with Gasteiger partial charge in [0.15, 0.2) is 0 Å². The van der Waals surface area contributed by atoms with Crippen LogP contribution in [0.3, 0.4) is 0 Å². The van der Waals surface area contributed by atoms with Crippen LogP contribution in [0, 0.1) is 0 Å². The molecule has 0 radical (unpaired) electrons. The van der Waals surface area contributed by atoms with Crippen LogP contribution in [0.25, 0.3) is 22.2 Å². The summed E-state index contributed by atoms with van der Waals surface area (Å²) in [5.41, 5.74) is 2.30. The van der Waals surface area contributed by atoms with E-state index >= 15 is 0 Å². The van der Waals surface area contributed by atoms with Crippen molar-refractivity contribution in [2.75, 3.05) is 0 Å². The van der Waals surface area contributed by atoms with Gasteiger partial charge in [-0.15, -0.1) is 6.58 Å². The third-order valence-corrected chi connectivity index (χ3v) is 4.55. The first-order valence-electron chi connectivity index (χ1n) is 8.56. The number of halogens is 1. The molecule has 0 saturated heterocycles. The fourth-order valence-corrected chi connectivity index (χ4v) is 3.11. The lowest BCUT2D eigenvalue weighted by molar-refractivity contribution is 0.588. The molecular formula is C21H21ClN2O. The molecule has 4 heteroatoms. The number of aromatic nitrogens is 2. The third kappa shape index (κ3) is 3.99. The largest absolute Gasteiger partial charge is 0.292 e. The second kappa shape index (κ2) is 8.13. The van der Waals surface area contributed by atoms with E-state index in [1.165, 1.54) is 0 Å². The van der Waals surface area contributed by atoms with Crippen LogP contribution in [0.5, 0.6) is 0 Å². The zero-order valence-corrected chi connectivity index (χ0v) is 14.9. The summed E-state index contributed by atoms with van der Waals surface area (Å²) in [6.07, 6.45) is 7.79. The number of unbranched alkanes of at least 4 members (excludes halogenated alkanes) is 3. The molecule has 128 valence electrons. The van der Waals surface area contributed by atoms with Gasteiger partial charge in [0, 0.05) is 28.7 Å². The van der Waals surface area contributed by atoms with Crippen molar-refractivity contribution < 1.29 is 0 Å². The highest BCUT2D eigenvalue weighted by Crippen LogP contribution is 2.22. The molecule has 25 heavy (non-hydrogen) atoms. The highest BCUT2D eigenvalue weighted by Gasteiger charge is 2.11. The van der Waals surface area contributed by atoms with Crippen LogP contribution >= 0.6 is 11.6 Å². The molecule has 2 aromatic heterocycles. The predicted molar refractivity (Wildman–Crippen MR) is 105 cm³/mol. The minimum atomic E-state index is -0.00255. The Morgan fingerprint density at radius 2 is 1.92 bits per heavy atom. The van der Waals surface area contributed by atoms with Crippen LogP contribution in [0.15, 0.2) is 66.1 Å². The van der Waals surface area contributed by atoms with Crippen molar-refractivity contribution in [3.05, 3.63) is 76.7 Å². The first-order chi connectivity index (χ1) is 12.2. The molecule has 0 saturated carbocycles. The number of nitrogens with zero attached hydrogens (tertiary/aromatic N) is 2. The zero-order valence-electron chi connectivity index (χ0n) is 14.1. The number of aryl methyl sites for hydroxylation is 1. The summed E-state index contributed by atoms with van der Waals surface area (Å²) in [7, 11) is 0. The minimum Gasteiger partial charge on any atom is -0.292 e. The van der Waals surface area contributed by atoms with Crippen LogP contribution < -0.4 is 5.56 Å². The van der Waals surface area contributed by atoms with Gasteiger partial charge in [-0.05, 0) is 55.2 Å². The molecule has 0 N–H and O–H groups in total. The molecule has 0 aliphatic carbocycles. The van der Waals surface area contributed by atoms with Crippen LogP contribution in [0.4, 0.5) is 0 Å². The summed E-state index contributed by atoms with van der Waals surface area (Å²) in [4.78, 5) is 17.5. The highest BCUT2D eigenvalue weighted by atomic mass is 35.5. The molecule has 0 bridgehead atoms. The number of allylic oxidation sites excluding steroid dienone is 1. The Labute approximate surface area is 152 Å². The van der Waals surface area contributed by atoms with Crippen LogP contribution in [-0.4, -0.2) is 9.55 Å². The molecule has 0 unspecified atom stereocenters. The average molecular weight is 353 g/mol. The summed E-state index contributed by atoms with van der Waals surface area (Å²) < 4.78 is 1.80. The SMILES string of the molecule is C=CCCCCCn1c(=O)c(-c2ccc(Cl)cc2)cc2cccnc21. The minimum absolute atomic E-state index is 0.00255. The Kier molecular flexibility index (Phi) is 5.67. The van der Waals surface area contributed by atoms with E-state index in [1.807, 2.05) is 48.5 Å². The Hall–Kier alpha value is -2.39. The number of fused-ring (bicyclic) bond motifs is 1. The van der Waals surface area contributed by atoms with Gasteiger partial charge in [-0.2, -0.15) is 0 Å². The molecule has 3 aromatic rings. The number of rotatable bonds is 7. The number of hydrogen-bond acceptors (Lipinski definition) is 2. The fraction of sp³-hybridized carbons (Fsp3) is 0.238. The van der Waals surface area contributed by atoms with Crippen molar-refractivity contribution in [1.82, 2.24) is 9.55 Å². The van der Waals surface area contributed by atoms with E-state index in [2.05, 4.69) is 11.6 Å². The quantitative estimate of drug-likeness (QED) is 0.418. The second-order valence-corrected chi connectivity index (χ2v) is 6.51. The smallest absolute Gasteiger partial charge is 0.260 e. The molecule has 3 nitrogen and oxygen atoms in total. The van der Waals surface area contributed by atoms with Crippen LogP contribution in [0.2, 0.25) is 5.02 Å². The van der Waals surface area contributed by atoms with Crippen LogP contribution in [-0.2, 0) is 6.54 Å². The summed E-state index contributed by atoms with van der Waals surface area (Å²) in [5.74, 6) is 0. The fourth-order valence-electron chi connectivity index (χ4n) is 2.99. The van der Waals surface area contributed by atoms with Crippen molar-refractivity contribution in [3.8, 4) is 11.1 Å². The topological polar surface area (TPSA) is 34.9 Å². The van der Waals surface area contributed by atoms with E-state index in [9.17, 15) is 4.79 Å². The van der Waals surface area contributed by atoms with Gasteiger partial charge in [-0.25, -0.2) is 4.98 Å². The molecule has 0 atom stereocenters. The molecule has 0 aliphatic heterocycles. The van der Waals surface area contributed by atoms with Gasteiger partial charge < -0.3 is 0 Å². The van der Waals surface area contributed by atoms with Gasteiger partial charge in [-0.1, -0.05) is 36.2 Å². The maximum absolute atomic E-state index is 13.1. The zero-order chi connectivity index (χ0) is 17.6. The van der Waals surface area contributed by atoms with Gasteiger partial charge in [-0.3, -0.25) is 9.36 Å². The van der Waals surface area contributed by atoms with E-state index in [0.29, 0.717) is 17.1 Å². The summed E-state index contributed by atoms with van der Waals surface area (Å²) in [6.45, 7) is 4.42. The van der Waals surface area contributed by atoms with Gasteiger partial charge >= 0.3 is 0 Å². The standard InChI is InChI=1S/C21H21ClN2O/c1-2-3-4-5-6-14-24-20-17(8-7-13-23-20)15-19(21(24)25)16-9-11-18(22)12-10-16/h2,7-13,15H,1,3-6,14H2. The van der Waals surface area contributed by atoms with Gasteiger partial charge in [0.2, 0.25) is 0 Å². The molecule has 0 spiro atoms. The Morgan fingerprint density at radius 1 is 1.12 bits per heavy atom. The monoisotopic (exact) mass is 352 g/mol. The number of hydrogen-bond donors (Lipinski definition) is 0. The maximum Gasteiger partial charge on any atom is 0.260 e. The second-order valence-electron chi connectivity index (χ2n) is 6.08. The third-order valence-electron chi connectivity index (χ3n) is 4.29. The van der Waals surface area contributed by atoms with Gasteiger partial charge in [0.25, 0.3) is 5.56 Å². The molecule has 2 heterocycles. The predicted octanol–water partition coefficient (Wildman–Crippen LogP) is 5.46. The van der Waals surface area contributed by atoms with Crippen molar-refractivity contribution in [1.29, 1.82) is 0 Å². The normalized spacial score (nSPS) is 10.9. The number of benzene rings is 1. The first-order valence-corrected chi connectivity index (χ1v) is 8.94. The number of pyridine rings is 2. The Bertz CT molecular complexity index is 929. The summed E-state index contributed by atoms with van der Waals surface area (Å²) in [5, 5.41) is 1.63.